The highest BCUT2D eigenvalue weighted by Crippen LogP contribution is 2.48. The number of hydrogen-bond donors (Lipinski definition) is 2. The molecule has 2 amide bonds. The minimum Gasteiger partial charge on any atom is -0.475 e. The van der Waals surface area contributed by atoms with Gasteiger partial charge in [-0.15, -0.1) is 0 Å². The number of carboxylic acids is 1. The lowest BCUT2D eigenvalue weighted by Crippen LogP contribution is -2.55. The van der Waals surface area contributed by atoms with E-state index in [1.807, 2.05) is 4.90 Å². The molecule has 5 rings (SSSR count). The van der Waals surface area contributed by atoms with Crippen LogP contribution in [0.15, 0.2) is 18.6 Å². The van der Waals surface area contributed by atoms with E-state index in [1.165, 1.54) is 12.4 Å². The number of carbonyl (C=O) groups is 3. The smallest absolute Gasteiger partial charge is 0.475 e. The van der Waals surface area contributed by atoms with E-state index in [9.17, 15) is 28.0 Å². The van der Waals surface area contributed by atoms with Crippen molar-refractivity contribution in [2.45, 2.75) is 74.9 Å². The molecule has 1 saturated carbocycles. The highest BCUT2D eigenvalue weighted by atomic mass is 19.4. The molecule has 188 valence electrons. The first-order valence-corrected chi connectivity index (χ1v) is 11.4. The van der Waals surface area contributed by atoms with E-state index < -0.39 is 18.2 Å². The maximum Gasteiger partial charge on any atom is 0.490 e. The first-order chi connectivity index (χ1) is 16.5. The van der Waals surface area contributed by atoms with Crippen molar-refractivity contribution < 1.29 is 32.7 Å². The number of aliphatic carboxylic acids is 1. The van der Waals surface area contributed by atoms with Gasteiger partial charge in [-0.3, -0.25) is 14.6 Å². The number of nitriles is 1. The van der Waals surface area contributed by atoms with Crippen LogP contribution in [0.2, 0.25) is 0 Å². The van der Waals surface area contributed by atoms with E-state index in [1.54, 1.807) is 11.1 Å². The fraction of sp³-hybridized carbons (Fsp3) is 0.636. The van der Waals surface area contributed by atoms with Gasteiger partial charge in [0.2, 0.25) is 5.91 Å². The van der Waals surface area contributed by atoms with Crippen molar-refractivity contribution in [1.29, 1.82) is 5.26 Å². The third kappa shape index (κ3) is 4.93. The number of halogens is 3. The van der Waals surface area contributed by atoms with Crippen molar-refractivity contribution in [1.82, 2.24) is 19.8 Å². The summed E-state index contributed by atoms with van der Waals surface area (Å²) in [6.45, 7) is 0. The lowest BCUT2D eigenvalue weighted by Gasteiger charge is -2.41. The molecule has 0 radical (unpaired) electrons. The Morgan fingerprint density at radius 2 is 1.74 bits per heavy atom. The molecule has 2 bridgehead atoms. The SMILES string of the molecule is N#C[C@@H]1C[C@@H]2C[C@@H]2N1C(=O)[C@H](N)C1CC2CCC(C1)N2C(=O)c1cnccn1.O=C(O)C(F)(F)F. The van der Waals surface area contributed by atoms with E-state index >= 15 is 0 Å². The van der Waals surface area contributed by atoms with Crippen LogP contribution >= 0.6 is 0 Å². The quantitative estimate of drug-likeness (QED) is 0.638. The summed E-state index contributed by atoms with van der Waals surface area (Å²) in [5.41, 5.74) is 6.80. The highest BCUT2D eigenvalue weighted by molar-refractivity contribution is 5.92. The third-order valence-electron chi connectivity index (χ3n) is 7.33. The van der Waals surface area contributed by atoms with E-state index in [0.29, 0.717) is 11.6 Å². The van der Waals surface area contributed by atoms with Gasteiger partial charge in [0.25, 0.3) is 5.91 Å². The van der Waals surface area contributed by atoms with Crippen LogP contribution in [0.1, 0.15) is 49.0 Å². The van der Waals surface area contributed by atoms with Gasteiger partial charge in [0.1, 0.15) is 11.7 Å². The molecular weight excluding hydrogens is 469 g/mol. The van der Waals surface area contributed by atoms with Gasteiger partial charge in [-0.2, -0.15) is 18.4 Å². The number of alkyl halides is 3. The number of piperidine rings is 2. The lowest BCUT2D eigenvalue weighted by atomic mass is 9.84. The molecule has 10 nitrogen and oxygen atoms in total. The Hall–Kier alpha value is -3.27. The van der Waals surface area contributed by atoms with Crippen molar-refractivity contribution in [2.75, 3.05) is 0 Å². The van der Waals surface area contributed by atoms with E-state index in [2.05, 4.69) is 16.0 Å². The maximum atomic E-state index is 13.1. The number of rotatable bonds is 3. The van der Waals surface area contributed by atoms with Crippen molar-refractivity contribution in [3.05, 3.63) is 24.3 Å². The first kappa shape index (κ1) is 24.8. The summed E-state index contributed by atoms with van der Waals surface area (Å²) in [5.74, 6) is -2.37. The van der Waals surface area contributed by atoms with Crippen LogP contribution in [0.4, 0.5) is 13.2 Å². The average Bonchev–Trinajstić information content (AvgIpc) is 3.42. The molecule has 3 aliphatic heterocycles. The van der Waals surface area contributed by atoms with Gasteiger partial charge < -0.3 is 20.6 Å². The Labute approximate surface area is 198 Å². The summed E-state index contributed by atoms with van der Waals surface area (Å²) in [4.78, 5) is 46.7. The van der Waals surface area contributed by atoms with E-state index in [-0.39, 0.29) is 41.9 Å². The summed E-state index contributed by atoms with van der Waals surface area (Å²) >= 11 is 0. The Morgan fingerprint density at radius 1 is 1.11 bits per heavy atom. The Balaban J connectivity index is 0.000000364. The van der Waals surface area contributed by atoms with Crippen LogP contribution in [0, 0.1) is 23.2 Å². The number of carboxylic acid groups (broad SMARTS) is 1. The molecule has 4 fully saturated rings. The van der Waals surface area contributed by atoms with E-state index in [4.69, 9.17) is 15.6 Å². The van der Waals surface area contributed by atoms with Crippen LogP contribution in [-0.2, 0) is 9.59 Å². The third-order valence-corrected chi connectivity index (χ3v) is 7.33. The summed E-state index contributed by atoms with van der Waals surface area (Å²) in [5, 5.41) is 16.5. The number of nitrogens with zero attached hydrogens (tertiary/aromatic N) is 5. The first-order valence-electron chi connectivity index (χ1n) is 11.4. The van der Waals surface area contributed by atoms with Gasteiger partial charge in [0, 0.05) is 30.5 Å². The second kappa shape index (κ2) is 9.41. The minimum absolute atomic E-state index is 0.0491. The topological polar surface area (TPSA) is 154 Å². The molecular formula is C22H25F3N6O4. The van der Waals surface area contributed by atoms with Crippen LogP contribution in [-0.4, -0.2) is 79.0 Å². The lowest BCUT2D eigenvalue weighted by molar-refractivity contribution is -0.192. The summed E-state index contributed by atoms with van der Waals surface area (Å²) in [7, 11) is 0. The van der Waals surface area contributed by atoms with E-state index in [0.717, 1.165) is 38.5 Å². The zero-order valence-corrected chi connectivity index (χ0v) is 18.6. The Morgan fingerprint density at radius 3 is 2.26 bits per heavy atom. The Bertz CT molecular complexity index is 1020. The monoisotopic (exact) mass is 494 g/mol. The van der Waals surface area contributed by atoms with Gasteiger partial charge in [0.05, 0.1) is 18.3 Å². The largest absolute Gasteiger partial charge is 0.490 e. The molecule has 1 aromatic rings. The molecule has 4 aliphatic rings. The number of likely N-dealkylation sites (tertiary alicyclic amines) is 1. The fourth-order valence-corrected chi connectivity index (χ4v) is 5.65. The molecule has 3 N–H and O–H groups in total. The van der Waals surface area contributed by atoms with Crippen LogP contribution < -0.4 is 5.73 Å². The van der Waals surface area contributed by atoms with Crippen LogP contribution in [0.25, 0.3) is 0 Å². The summed E-state index contributed by atoms with van der Waals surface area (Å²) in [6.07, 6.45) is 4.63. The normalized spacial score (nSPS) is 31.5. The minimum atomic E-state index is -5.08. The van der Waals surface area contributed by atoms with Crippen LogP contribution in [0.3, 0.4) is 0 Å². The van der Waals surface area contributed by atoms with Gasteiger partial charge >= 0.3 is 12.1 Å². The molecule has 6 atom stereocenters. The second-order valence-corrected chi connectivity index (χ2v) is 9.44. The van der Waals surface area contributed by atoms with Crippen molar-refractivity contribution >= 4 is 17.8 Å². The summed E-state index contributed by atoms with van der Waals surface area (Å²) in [6, 6.07) is 1.76. The number of fused-ring (bicyclic) bond motifs is 3. The van der Waals surface area contributed by atoms with Gasteiger partial charge in [-0.05, 0) is 50.4 Å². The predicted octanol–water partition coefficient (Wildman–Crippen LogP) is 1.33. The fourth-order valence-electron chi connectivity index (χ4n) is 5.65. The molecule has 0 spiro atoms. The Kier molecular flexibility index (Phi) is 6.68. The number of amides is 2. The molecule has 0 aromatic carbocycles. The van der Waals surface area contributed by atoms with Crippen molar-refractivity contribution in [2.24, 2.45) is 17.6 Å². The highest BCUT2D eigenvalue weighted by Gasteiger charge is 2.56. The predicted molar refractivity (Wildman–Crippen MR) is 112 cm³/mol. The van der Waals surface area contributed by atoms with Crippen molar-refractivity contribution in [3.8, 4) is 6.07 Å². The van der Waals surface area contributed by atoms with Crippen molar-refractivity contribution in [3.63, 3.8) is 0 Å². The number of carbonyl (C=O) groups excluding carboxylic acids is 2. The molecule has 2 unspecified atom stereocenters. The zero-order chi connectivity index (χ0) is 25.5. The number of nitrogens with two attached hydrogens (primary N) is 1. The van der Waals surface area contributed by atoms with Crippen LogP contribution in [0.5, 0.6) is 0 Å². The van der Waals surface area contributed by atoms with Gasteiger partial charge in [-0.1, -0.05) is 0 Å². The molecule has 13 heteroatoms. The second-order valence-electron chi connectivity index (χ2n) is 9.44. The molecule has 35 heavy (non-hydrogen) atoms. The molecule has 4 heterocycles. The molecule has 1 aliphatic carbocycles. The standard InChI is InChI=1S/C20H24N6O2.C2HF3O2/c21-9-15-5-11-8-17(11)26(15)20(28)18(22)12-6-13-1-2-14(7-12)25(13)19(27)16-10-23-3-4-24-16;3-2(4,5)1(6)7/h3-4,10-15,17-18H,1-2,5-8,22H2;(H,6,7)/t11-,12?,13?,14?,15+,17+,18-;/m1./s1. The van der Waals surface area contributed by atoms with Gasteiger partial charge in [0.15, 0.2) is 0 Å². The van der Waals surface area contributed by atoms with Gasteiger partial charge in [-0.25, -0.2) is 9.78 Å². The molecule has 1 aromatic heterocycles. The zero-order valence-electron chi connectivity index (χ0n) is 18.6. The summed E-state index contributed by atoms with van der Waals surface area (Å²) < 4.78 is 31.7. The number of aromatic nitrogens is 2. The molecule has 3 saturated heterocycles. The maximum absolute atomic E-state index is 13.1. The average molecular weight is 494 g/mol. The number of hydrogen-bond acceptors (Lipinski definition) is 7.